The minimum atomic E-state index is -0.287. The Labute approximate surface area is 113 Å². The first-order valence-electron chi connectivity index (χ1n) is 6.30. The second-order valence-electron chi connectivity index (χ2n) is 4.30. The number of nitrogen functional groups attached to an aromatic ring is 1. The molecular formula is C16H17NO2. The van der Waals surface area contributed by atoms with Gasteiger partial charge in [-0.1, -0.05) is 30.3 Å². The zero-order valence-electron chi connectivity index (χ0n) is 10.9. The minimum absolute atomic E-state index is 0.287. The highest BCUT2D eigenvalue weighted by molar-refractivity contribution is 5.89. The van der Waals surface area contributed by atoms with Gasteiger partial charge in [0.15, 0.2) is 0 Å². The summed E-state index contributed by atoms with van der Waals surface area (Å²) in [6.45, 7) is 2.18. The van der Waals surface area contributed by atoms with Crippen molar-refractivity contribution in [1.29, 1.82) is 0 Å². The van der Waals surface area contributed by atoms with Crippen LogP contribution in [0, 0.1) is 0 Å². The van der Waals surface area contributed by atoms with E-state index in [-0.39, 0.29) is 5.97 Å². The first-order chi connectivity index (χ1) is 9.20. The molecule has 0 radical (unpaired) electrons. The molecule has 0 spiro atoms. The molecule has 98 valence electrons. The maximum absolute atomic E-state index is 11.7. The van der Waals surface area contributed by atoms with Gasteiger partial charge in [0.05, 0.1) is 12.2 Å². The van der Waals surface area contributed by atoms with E-state index in [1.54, 1.807) is 13.0 Å². The minimum Gasteiger partial charge on any atom is -0.462 e. The van der Waals surface area contributed by atoms with Crippen LogP contribution in [0.5, 0.6) is 0 Å². The van der Waals surface area contributed by atoms with Crippen molar-refractivity contribution in [3.63, 3.8) is 0 Å². The Morgan fingerprint density at radius 3 is 2.68 bits per heavy atom. The molecule has 0 atom stereocenters. The zero-order chi connectivity index (χ0) is 13.7. The Morgan fingerprint density at radius 2 is 1.95 bits per heavy atom. The average Bonchev–Trinajstić information content (AvgIpc) is 2.42. The molecule has 19 heavy (non-hydrogen) atoms. The van der Waals surface area contributed by atoms with Gasteiger partial charge in [-0.3, -0.25) is 0 Å². The number of ether oxygens (including phenoxy) is 1. The molecule has 2 N–H and O–H groups in total. The molecule has 0 saturated heterocycles. The number of para-hydroxylation sites is 1. The van der Waals surface area contributed by atoms with Gasteiger partial charge in [-0.25, -0.2) is 4.79 Å². The van der Waals surface area contributed by atoms with Crippen molar-refractivity contribution >= 4 is 11.7 Å². The quantitative estimate of drug-likeness (QED) is 0.675. The summed E-state index contributed by atoms with van der Waals surface area (Å²) in [5, 5.41) is 0. The Bertz CT molecular complexity index is 578. The molecule has 0 fully saturated rings. The Kier molecular flexibility index (Phi) is 4.18. The molecule has 0 aliphatic rings. The number of nitrogens with two attached hydrogens (primary N) is 1. The zero-order valence-corrected chi connectivity index (χ0v) is 10.9. The number of carbonyl (C=O) groups excluding carboxylic acids is 1. The molecule has 3 nitrogen and oxygen atoms in total. The number of carbonyl (C=O) groups is 1. The molecule has 0 heterocycles. The van der Waals surface area contributed by atoms with Crippen LogP contribution in [0.15, 0.2) is 48.5 Å². The van der Waals surface area contributed by atoms with E-state index in [1.165, 1.54) is 0 Å². The molecule has 0 aliphatic carbocycles. The standard InChI is InChI=1S/C16H17NO2/c1-2-19-16(18)14-8-5-6-12(11-14)10-13-7-3-4-9-15(13)17/h3-9,11H,2,10,17H2,1H3. The van der Waals surface area contributed by atoms with Crippen molar-refractivity contribution in [3.8, 4) is 0 Å². The molecule has 0 bridgehead atoms. The van der Waals surface area contributed by atoms with E-state index in [2.05, 4.69) is 0 Å². The van der Waals surface area contributed by atoms with E-state index in [4.69, 9.17) is 10.5 Å². The summed E-state index contributed by atoms with van der Waals surface area (Å²) in [7, 11) is 0. The number of hydrogen-bond acceptors (Lipinski definition) is 3. The maximum Gasteiger partial charge on any atom is 0.338 e. The van der Waals surface area contributed by atoms with Crippen molar-refractivity contribution in [2.24, 2.45) is 0 Å². The number of anilines is 1. The van der Waals surface area contributed by atoms with E-state index in [0.29, 0.717) is 18.6 Å². The van der Waals surface area contributed by atoms with Crippen LogP contribution in [-0.2, 0) is 11.2 Å². The van der Waals surface area contributed by atoms with Crippen molar-refractivity contribution in [2.45, 2.75) is 13.3 Å². The summed E-state index contributed by atoms with van der Waals surface area (Å²) >= 11 is 0. The summed E-state index contributed by atoms with van der Waals surface area (Å²) in [5.41, 5.74) is 9.37. The molecular weight excluding hydrogens is 238 g/mol. The summed E-state index contributed by atoms with van der Waals surface area (Å²) in [6, 6.07) is 15.2. The fraction of sp³-hybridized carbons (Fsp3) is 0.188. The maximum atomic E-state index is 11.7. The van der Waals surface area contributed by atoms with Crippen LogP contribution in [0.4, 0.5) is 5.69 Å². The van der Waals surface area contributed by atoms with Crippen LogP contribution in [0.25, 0.3) is 0 Å². The van der Waals surface area contributed by atoms with Crippen molar-refractivity contribution in [1.82, 2.24) is 0 Å². The number of benzene rings is 2. The Balaban J connectivity index is 2.20. The lowest BCUT2D eigenvalue weighted by Gasteiger charge is -2.07. The van der Waals surface area contributed by atoms with E-state index in [0.717, 1.165) is 16.8 Å². The van der Waals surface area contributed by atoms with Gasteiger partial charge in [0, 0.05) is 5.69 Å². The van der Waals surface area contributed by atoms with E-state index in [9.17, 15) is 4.79 Å². The van der Waals surface area contributed by atoms with Gasteiger partial charge in [0.1, 0.15) is 0 Å². The first kappa shape index (κ1) is 13.1. The molecule has 2 aromatic carbocycles. The topological polar surface area (TPSA) is 52.3 Å². The number of esters is 1. The van der Waals surface area contributed by atoms with Gasteiger partial charge in [-0.05, 0) is 42.7 Å². The van der Waals surface area contributed by atoms with Crippen molar-refractivity contribution < 1.29 is 9.53 Å². The van der Waals surface area contributed by atoms with Gasteiger partial charge >= 0.3 is 5.97 Å². The summed E-state index contributed by atoms with van der Waals surface area (Å²) in [6.07, 6.45) is 0.708. The fourth-order valence-electron chi connectivity index (χ4n) is 1.94. The smallest absolute Gasteiger partial charge is 0.338 e. The van der Waals surface area contributed by atoms with Gasteiger partial charge in [0.2, 0.25) is 0 Å². The van der Waals surface area contributed by atoms with Crippen LogP contribution < -0.4 is 5.73 Å². The molecule has 0 aromatic heterocycles. The third-order valence-corrected chi connectivity index (χ3v) is 2.89. The van der Waals surface area contributed by atoms with Gasteiger partial charge in [0.25, 0.3) is 0 Å². The van der Waals surface area contributed by atoms with Gasteiger partial charge < -0.3 is 10.5 Å². The lowest BCUT2D eigenvalue weighted by atomic mass is 10.0. The summed E-state index contributed by atoms with van der Waals surface area (Å²) in [4.78, 5) is 11.7. The highest BCUT2D eigenvalue weighted by Gasteiger charge is 2.07. The Hall–Kier alpha value is -2.29. The predicted molar refractivity (Wildman–Crippen MR) is 76.1 cm³/mol. The fourth-order valence-corrected chi connectivity index (χ4v) is 1.94. The third-order valence-electron chi connectivity index (χ3n) is 2.89. The van der Waals surface area contributed by atoms with Crippen LogP contribution in [0.1, 0.15) is 28.4 Å². The monoisotopic (exact) mass is 255 g/mol. The molecule has 3 heteroatoms. The van der Waals surface area contributed by atoms with Crippen molar-refractivity contribution in [2.75, 3.05) is 12.3 Å². The molecule has 2 aromatic rings. The molecule has 2 rings (SSSR count). The number of rotatable bonds is 4. The lowest BCUT2D eigenvalue weighted by molar-refractivity contribution is 0.0526. The highest BCUT2D eigenvalue weighted by Crippen LogP contribution is 2.17. The van der Waals surface area contributed by atoms with Crippen LogP contribution >= 0.6 is 0 Å². The average molecular weight is 255 g/mol. The lowest BCUT2D eigenvalue weighted by Crippen LogP contribution is -2.05. The van der Waals surface area contributed by atoms with E-state index in [1.807, 2.05) is 42.5 Å². The highest BCUT2D eigenvalue weighted by atomic mass is 16.5. The molecule has 0 saturated carbocycles. The van der Waals surface area contributed by atoms with E-state index >= 15 is 0 Å². The largest absolute Gasteiger partial charge is 0.462 e. The molecule has 0 unspecified atom stereocenters. The third kappa shape index (κ3) is 3.35. The summed E-state index contributed by atoms with van der Waals surface area (Å²) in [5.74, 6) is -0.287. The molecule has 0 amide bonds. The van der Waals surface area contributed by atoms with Gasteiger partial charge in [-0.15, -0.1) is 0 Å². The second-order valence-corrected chi connectivity index (χ2v) is 4.30. The summed E-state index contributed by atoms with van der Waals surface area (Å²) < 4.78 is 4.99. The normalized spacial score (nSPS) is 10.2. The predicted octanol–water partition coefficient (Wildman–Crippen LogP) is 3.04. The SMILES string of the molecule is CCOC(=O)c1cccc(Cc2ccccc2N)c1. The number of hydrogen-bond donors (Lipinski definition) is 1. The Morgan fingerprint density at radius 1 is 1.16 bits per heavy atom. The molecule has 0 aliphatic heterocycles. The van der Waals surface area contributed by atoms with Gasteiger partial charge in [-0.2, -0.15) is 0 Å². The second kappa shape index (κ2) is 6.05. The van der Waals surface area contributed by atoms with E-state index < -0.39 is 0 Å². The van der Waals surface area contributed by atoms with Crippen LogP contribution in [0.3, 0.4) is 0 Å². The van der Waals surface area contributed by atoms with Crippen LogP contribution in [-0.4, -0.2) is 12.6 Å². The van der Waals surface area contributed by atoms with Crippen molar-refractivity contribution in [3.05, 3.63) is 65.2 Å². The first-order valence-corrected chi connectivity index (χ1v) is 6.30. The van der Waals surface area contributed by atoms with Crippen LogP contribution in [0.2, 0.25) is 0 Å².